The second kappa shape index (κ2) is 4.43. The van der Waals surface area contributed by atoms with Crippen molar-refractivity contribution >= 4 is 5.71 Å². The van der Waals surface area contributed by atoms with Crippen molar-refractivity contribution in [1.82, 2.24) is 0 Å². The summed E-state index contributed by atoms with van der Waals surface area (Å²) in [5.74, 6) is 1.42. The van der Waals surface area contributed by atoms with Gasteiger partial charge in [-0.1, -0.05) is 11.2 Å². The van der Waals surface area contributed by atoms with Crippen LogP contribution in [-0.4, -0.2) is 26.0 Å². The van der Waals surface area contributed by atoms with Gasteiger partial charge < -0.3 is 14.3 Å². The third kappa shape index (κ3) is 1.83. The number of oxime groups is 1. The highest BCUT2D eigenvalue weighted by Gasteiger charge is 2.22. The minimum absolute atomic E-state index is 0.130. The summed E-state index contributed by atoms with van der Waals surface area (Å²) in [4.78, 5) is 5.18. The van der Waals surface area contributed by atoms with Crippen molar-refractivity contribution in [2.75, 3.05) is 14.2 Å². The maximum absolute atomic E-state index is 5.35. The van der Waals surface area contributed by atoms with Gasteiger partial charge in [-0.15, -0.1) is 0 Å². The van der Waals surface area contributed by atoms with E-state index in [1.165, 1.54) is 0 Å². The minimum atomic E-state index is 0.130. The molecule has 1 aliphatic heterocycles. The maximum Gasteiger partial charge on any atom is 0.169 e. The fourth-order valence-electron chi connectivity index (χ4n) is 1.77. The normalized spacial score (nSPS) is 18.9. The summed E-state index contributed by atoms with van der Waals surface area (Å²) in [6.45, 7) is 1.99. The SMILES string of the molecule is COc1cccc(C2=NOC(C)C2)c1OC. The summed E-state index contributed by atoms with van der Waals surface area (Å²) in [5.41, 5.74) is 1.84. The zero-order chi connectivity index (χ0) is 11.5. The molecule has 0 aromatic heterocycles. The quantitative estimate of drug-likeness (QED) is 0.785. The molecule has 0 spiro atoms. The topological polar surface area (TPSA) is 40.0 Å². The molecule has 1 heterocycles. The van der Waals surface area contributed by atoms with Gasteiger partial charge in [-0.3, -0.25) is 0 Å². The second-order valence-corrected chi connectivity index (χ2v) is 3.70. The fraction of sp³-hybridized carbons (Fsp3) is 0.417. The Kier molecular flexibility index (Phi) is 2.99. The van der Waals surface area contributed by atoms with Gasteiger partial charge in [0.2, 0.25) is 0 Å². The molecule has 1 atom stereocenters. The Bertz CT molecular complexity index is 415. The third-order valence-corrected chi connectivity index (χ3v) is 2.54. The van der Waals surface area contributed by atoms with Crippen molar-refractivity contribution in [2.45, 2.75) is 19.4 Å². The Balaban J connectivity index is 2.40. The molecule has 0 aliphatic carbocycles. The number of benzene rings is 1. The zero-order valence-electron chi connectivity index (χ0n) is 9.69. The van der Waals surface area contributed by atoms with Crippen molar-refractivity contribution in [3.8, 4) is 11.5 Å². The molecule has 0 saturated heterocycles. The van der Waals surface area contributed by atoms with E-state index in [0.29, 0.717) is 11.5 Å². The third-order valence-electron chi connectivity index (χ3n) is 2.54. The molecule has 86 valence electrons. The van der Waals surface area contributed by atoms with Gasteiger partial charge in [-0.2, -0.15) is 0 Å². The van der Waals surface area contributed by atoms with E-state index >= 15 is 0 Å². The predicted molar refractivity (Wildman–Crippen MR) is 61.2 cm³/mol. The van der Waals surface area contributed by atoms with Gasteiger partial charge in [-0.05, 0) is 19.1 Å². The van der Waals surface area contributed by atoms with E-state index in [1.54, 1.807) is 14.2 Å². The van der Waals surface area contributed by atoms with Gasteiger partial charge in [0.15, 0.2) is 11.5 Å². The van der Waals surface area contributed by atoms with Gasteiger partial charge in [0.05, 0.1) is 19.9 Å². The molecule has 0 saturated carbocycles. The van der Waals surface area contributed by atoms with Crippen molar-refractivity contribution in [1.29, 1.82) is 0 Å². The molecule has 0 fully saturated rings. The van der Waals surface area contributed by atoms with Gasteiger partial charge in [0.1, 0.15) is 6.10 Å². The molecule has 1 aromatic carbocycles. The second-order valence-electron chi connectivity index (χ2n) is 3.70. The zero-order valence-corrected chi connectivity index (χ0v) is 9.69. The minimum Gasteiger partial charge on any atom is -0.493 e. The van der Waals surface area contributed by atoms with Crippen LogP contribution in [0.3, 0.4) is 0 Å². The van der Waals surface area contributed by atoms with Gasteiger partial charge in [-0.25, -0.2) is 0 Å². The van der Waals surface area contributed by atoms with E-state index in [-0.39, 0.29) is 6.10 Å². The average molecular weight is 221 g/mol. The summed E-state index contributed by atoms with van der Waals surface area (Å²) in [6.07, 6.45) is 0.926. The summed E-state index contributed by atoms with van der Waals surface area (Å²) < 4.78 is 10.6. The molecule has 4 heteroatoms. The van der Waals surface area contributed by atoms with Crippen LogP contribution in [0.15, 0.2) is 23.4 Å². The van der Waals surface area contributed by atoms with E-state index < -0.39 is 0 Å². The monoisotopic (exact) mass is 221 g/mol. The van der Waals surface area contributed by atoms with E-state index in [1.807, 2.05) is 25.1 Å². The van der Waals surface area contributed by atoms with Crippen LogP contribution < -0.4 is 9.47 Å². The number of hydrogen-bond donors (Lipinski definition) is 0. The van der Waals surface area contributed by atoms with Crippen molar-refractivity contribution in [3.63, 3.8) is 0 Å². The molecule has 1 aromatic rings. The number of hydrogen-bond acceptors (Lipinski definition) is 4. The molecule has 1 unspecified atom stereocenters. The molecular formula is C12H15NO3. The number of methoxy groups -OCH3 is 2. The first-order chi connectivity index (χ1) is 7.76. The first-order valence-corrected chi connectivity index (χ1v) is 5.20. The highest BCUT2D eigenvalue weighted by Crippen LogP contribution is 2.33. The first kappa shape index (κ1) is 10.8. The van der Waals surface area contributed by atoms with E-state index in [2.05, 4.69) is 5.16 Å². The summed E-state index contributed by atoms with van der Waals surface area (Å²) >= 11 is 0. The fourth-order valence-corrected chi connectivity index (χ4v) is 1.77. The summed E-state index contributed by atoms with van der Waals surface area (Å²) in [6, 6.07) is 5.74. The Morgan fingerprint density at radius 1 is 1.31 bits per heavy atom. The Morgan fingerprint density at radius 3 is 2.69 bits per heavy atom. The summed E-state index contributed by atoms with van der Waals surface area (Å²) in [7, 11) is 3.25. The summed E-state index contributed by atoms with van der Waals surface area (Å²) in [5, 5.41) is 4.05. The molecular weight excluding hydrogens is 206 g/mol. The molecule has 0 N–H and O–H groups in total. The van der Waals surface area contributed by atoms with Crippen molar-refractivity contribution in [3.05, 3.63) is 23.8 Å². The van der Waals surface area contributed by atoms with Crippen LogP contribution in [0.2, 0.25) is 0 Å². The molecule has 0 amide bonds. The standard InChI is InChI=1S/C12H15NO3/c1-8-7-10(13-16-8)9-5-4-6-11(14-2)12(9)15-3/h4-6,8H,7H2,1-3H3. The Hall–Kier alpha value is -1.71. The van der Waals surface area contributed by atoms with Crippen molar-refractivity contribution in [2.24, 2.45) is 5.16 Å². The lowest BCUT2D eigenvalue weighted by Crippen LogP contribution is -2.05. The maximum atomic E-state index is 5.35. The Morgan fingerprint density at radius 2 is 2.12 bits per heavy atom. The largest absolute Gasteiger partial charge is 0.493 e. The molecule has 2 rings (SSSR count). The number of para-hydroxylation sites is 1. The molecule has 1 aliphatic rings. The highest BCUT2D eigenvalue weighted by atomic mass is 16.6. The van der Waals surface area contributed by atoms with E-state index in [0.717, 1.165) is 17.7 Å². The van der Waals surface area contributed by atoms with Gasteiger partial charge >= 0.3 is 0 Å². The molecule has 0 bridgehead atoms. The smallest absolute Gasteiger partial charge is 0.169 e. The lowest BCUT2D eigenvalue weighted by Gasteiger charge is -2.11. The van der Waals surface area contributed by atoms with Crippen LogP contribution in [0.1, 0.15) is 18.9 Å². The number of ether oxygens (including phenoxy) is 2. The van der Waals surface area contributed by atoms with Crippen LogP contribution in [0.25, 0.3) is 0 Å². The van der Waals surface area contributed by atoms with Crippen LogP contribution in [0.4, 0.5) is 0 Å². The van der Waals surface area contributed by atoms with Crippen LogP contribution in [0, 0.1) is 0 Å². The highest BCUT2D eigenvalue weighted by molar-refractivity contribution is 6.04. The van der Waals surface area contributed by atoms with Crippen LogP contribution in [-0.2, 0) is 4.84 Å². The predicted octanol–water partition coefficient (Wildman–Crippen LogP) is 2.22. The molecule has 0 radical (unpaired) electrons. The Labute approximate surface area is 94.8 Å². The molecule has 16 heavy (non-hydrogen) atoms. The van der Waals surface area contributed by atoms with Gasteiger partial charge in [0.25, 0.3) is 0 Å². The molecule has 4 nitrogen and oxygen atoms in total. The van der Waals surface area contributed by atoms with E-state index in [4.69, 9.17) is 14.3 Å². The van der Waals surface area contributed by atoms with E-state index in [9.17, 15) is 0 Å². The number of rotatable bonds is 3. The number of nitrogens with zero attached hydrogens (tertiary/aromatic N) is 1. The lowest BCUT2D eigenvalue weighted by atomic mass is 10.0. The van der Waals surface area contributed by atoms with Gasteiger partial charge in [0, 0.05) is 12.0 Å². The lowest BCUT2D eigenvalue weighted by molar-refractivity contribution is 0.0995. The first-order valence-electron chi connectivity index (χ1n) is 5.20. The van der Waals surface area contributed by atoms with Crippen molar-refractivity contribution < 1.29 is 14.3 Å². The average Bonchev–Trinajstić information content (AvgIpc) is 2.74. The van der Waals surface area contributed by atoms with Crippen LogP contribution in [0.5, 0.6) is 11.5 Å². The van der Waals surface area contributed by atoms with Crippen LogP contribution >= 0.6 is 0 Å².